The maximum absolute atomic E-state index is 12.6. The molecule has 4 nitrogen and oxygen atoms in total. The van der Waals surface area contributed by atoms with Gasteiger partial charge < -0.3 is 4.74 Å². The van der Waals surface area contributed by atoms with E-state index in [1.165, 1.54) is 6.92 Å². The molecular formula is C22H32O4. The molecule has 0 unspecified atom stereocenters. The average Bonchev–Trinajstić information content (AvgIpc) is 2.88. The van der Waals surface area contributed by atoms with Crippen LogP contribution in [0.4, 0.5) is 0 Å². The van der Waals surface area contributed by atoms with Gasteiger partial charge in [-0.05, 0) is 61.7 Å². The molecule has 0 aliphatic heterocycles. The molecule has 26 heavy (non-hydrogen) atoms. The van der Waals surface area contributed by atoms with Gasteiger partial charge in [0.2, 0.25) is 0 Å². The molecule has 0 saturated heterocycles. The SMILES string of the molecule is CC(=O)OC[C@]12[C@@H](CC[C@@H]3[C@@H]1CC[C@]1(C)C(=O)CC[C@@H]31)CC(=O)C[C@@H]2C. The third kappa shape index (κ3) is 2.43. The Hall–Kier alpha value is -1.19. The molecule has 4 aliphatic rings. The zero-order valence-corrected chi connectivity index (χ0v) is 16.4. The number of esters is 1. The van der Waals surface area contributed by atoms with E-state index in [2.05, 4.69) is 13.8 Å². The molecule has 0 N–H and O–H groups in total. The minimum absolute atomic E-state index is 0.0739. The molecule has 0 bridgehead atoms. The van der Waals surface area contributed by atoms with Crippen molar-refractivity contribution >= 4 is 17.5 Å². The van der Waals surface area contributed by atoms with Crippen LogP contribution < -0.4 is 0 Å². The first-order valence-corrected chi connectivity index (χ1v) is 10.5. The molecule has 4 aliphatic carbocycles. The average molecular weight is 360 g/mol. The lowest BCUT2D eigenvalue weighted by molar-refractivity contribution is -0.181. The van der Waals surface area contributed by atoms with Crippen molar-refractivity contribution in [3.63, 3.8) is 0 Å². The molecule has 0 amide bonds. The Morgan fingerprint density at radius 3 is 2.62 bits per heavy atom. The summed E-state index contributed by atoms with van der Waals surface area (Å²) in [5.41, 5.74) is -0.209. The summed E-state index contributed by atoms with van der Waals surface area (Å²) >= 11 is 0. The smallest absolute Gasteiger partial charge is 0.302 e. The monoisotopic (exact) mass is 360 g/mol. The summed E-state index contributed by atoms with van der Waals surface area (Å²) in [7, 11) is 0. The zero-order valence-electron chi connectivity index (χ0n) is 16.4. The number of hydrogen-bond donors (Lipinski definition) is 0. The van der Waals surface area contributed by atoms with E-state index >= 15 is 0 Å². The summed E-state index contributed by atoms with van der Waals surface area (Å²) in [6.45, 7) is 6.34. The minimum Gasteiger partial charge on any atom is -0.465 e. The first-order valence-electron chi connectivity index (χ1n) is 10.5. The second-order valence-electron chi connectivity index (χ2n) is 9.81. The molecule has 0 aromatic carbocycles. The van der Waals surface area contributed by atoms with Gasteiger partial charge in [0.15, 0.2) is 0 Å². The highest BCUT2D eigenvalue weighted by atomic mass is 16.5. The second kappa shape index (κ2) is 6.17. The number of rotatable bonds is 2. The fourth-order valence-corrected chi connectivity index (χ4v) is 7.64. The van der Waals surface area contributed by atoms with E-state index in [0.29, 0.717) is 54.7 Å². The van der Waals surface area contributed by atoms with Crippen molar-refractivity contribution in [3.05, 3.63) is 0 Å². The van der Waals surface area contributed by atoms with E-state index < -0.39 is 0 Å². The minimum atomic E-state index is -0.221. The molecule has 0 aromatic rings. The van der Waals surface area contributed by atoms with Crippen molar-refractivity contribution in [1.82, 2.24) is 0 Å². The number of ketones is 2. The molecule has 0 radical (unpaired) electrons. The molecule has 4 heteroatoms. The largest absolute Gasteiger partial charge is 0.465 e. The molecule has 4 saturated carbocycles. The Morgan fingerprint density at radius 2 is 1.88 bits per heavy atom. The summed E-state index contributed by atoms with van der Waals surface area (Å²) < 4.78 is 5.64. The maximum Gasteiger partial charge on any atom is 0.302 e. The Balaban J connectivity index is 1.71. The Labute approximate surface area is 156 Å². The van der Waals surface area contributed by atoms with Crippen molar-refractivity contribution in [2.24, 2.45) is 40.4 Å². The Kier molecular flexibility index (Phi) is 4.32. The van der Waals surface area contributed by atoms with Crippen LogP contribution in [0.1, 0.15) is 72.1 Å². The Bertz CT molecular complexity index is 640. The van der Waals surface area contributed by atoms with Gasteiger partial charge in [-0.25, -0.2) is 0 Å². The third-order valence-corrected chi connectivity index (χ3v) is 8.90. The molecule has 0 aromatic heterocycles. The highest BCUT2D eigenvalue weighted by molar-refractivity contribution is 5.87. The van der Waals surface area contributed by atoms with Crippen LogP contribution in [0, 0.1) is 40.4 Å². The number of Topliss-reactive ketones (excluding diaryl/α,β-unsaturated/α-hetero) is 2. The van der Waals surface area contributed by atoms with Crippen LogP contribution in [-0.4, -0.2) is 24.1 Å². The van der Waals surface area contributed by atoms with Gasteiger partial charge in [-0.3, -0.25) is 14.4 Å². The molecule has 144 valence electrons. The van der Waals surface area contributed by atoms with Gasteiger partial charge in [-0.15, -0.1) is 0 Å². The number of fused-ring (bicyclic) bond motifs is 5. The van der Waals surface area contributed by atoms with E-state index in [-0.39, 0.29) is 22.7 Å². The second-order valence-corrected chi connectivity index (χ2v) is 9.81. The van der Waals surface area contributed by atoms with Crippen LogP contribution in [0.15, 0.2) is 0 Å². The maximum atomic E-state index is 12.6. The zero-order chi connectivity index (χ0) is 18.7. The summed E-state index contributed by atoms with van der Waals surface area (Å²) in [5, 5.41) is 0. The van der Waals surface area contributed by atoms with Gasteiger partial charge in [0.25, 0.3) is 0 Å². The van der Waals surface area contributed by atoms with Crippen molar-refractivity contribution in [2.75, 3.05) is 6.61 Å². The summed E-state index contributed by atoms with van der Waals surface area (Å²) in [4.78, 5) is 36.5. The molecular weight excluding hydrogens is 328 g/mol. The van der Waals surface area contributed by atoms with Crippen LogP contribution in [0.3, 0.4) is 0 Å². The van der Waals surface area contributed by atoms with Gasteiger partial charge in [0.1, 0.15) is 11.6 Å². The van der Waals surface area contributed by atoms with Gasteiger partial charge in [0, 0.05) is 37.0 Å². The standard InChI is InChI=1S/C22H32O4/c1-13-10-16(24)11-15-4-5-17-18-6-7-20(25)21(18,3)9-8-19(17)22(13,15)12-26-14(2)23/h13,15,17-19H,4-12H2,1-3H3/t13-,15-,17-,18-,19-,21-,22-/m0/s1. The van der Waals surface area contributed by atoms with Crippen molar-refractivity contribution in [3.8, 4) is 0 Å². The quantitative estimate of drug-likeness (QED) is 0.700. The first kappa shape index (κ1) is 18.2. The predicted molar refractivity (Wildman–Crippen MR) is 97.2 cm³/mol. The molecule has 0 spiro atoms. The number of hydrogen-bond acceptors (Lipinski definition) is 4. The third-order valence-electron chi connectivity index (χ3n) is 8.90. The van der Waals surface area contributed by atoms with E-state index in [9.17, 15) is 14.4 Å². The first-order chi connectivity index (χ1) is 12.3. The fraction of sp³-hybridized carbons (Fsp3) is 0.864. The number of carbonyl (C=O) groups is 3. The molecule has 7 atom stereocenters. The topological polar surface area (TPSA) is 60.4 Å². The van der Waals surface area contributed by atoms with E-state index in [1.807, 2.05) is 0 Å². The van der Waals surface area contributed by atoms with Crippen LogP contribution >= 0.6 is 0 Å². The highest BCUT2D eigenvalue weighted by Gasteiger charge is 2.63. The lowest BCUT2D eigenvalue weighted by Crippen LogP contribution is -2.59. The predicted octanol–water partition coefficient (Wildman–Crippen LogP) is 3.96. The molecule has 4 rings (SSSR count). The van der Waals surface area contributed by atoms with Crippen LogP contribution in [0.25, 0.3) is 0 Å². The molecule has 4 fully saturated rings. The summed E-state index contributed by atoms with van der Waals surface area (Å²) in [5.74, 6) is 2.70. The fourth-order valence-electron chi connectivity index (χ4n) is 7.64. The van der Waals surface area contributed by atoms with Crippen LogP contribution in [0.2, 0.25) is 0 Å². The molecule has 0 heterocycles. The lowest BCUT2D eigenvalue weighted by atomic mass is 9.42. The van der Waals surface area contributed by atoms with Gasteiger partial charge in [0.05, 0.1) is 6.61 Å². The van der Waals surface area contributed by atoms with Crippen LogP contribution in [-0.2, 0) is 19.1 Å². The van der Waals surface area contributed by atoms with Crippen LogP contribution in [0.5, 0.6) is 0 Å². The highest BCUT2D eigenvalue weighted by Crippen LogP contribution is 2.66. The lowest BCUT2D eigenvalue weighted by Gasteiger charge is -2.62. The normalized spacial score (nSPS) is 47.7. The summed E-state index contributed by atoms with van der Waals surface area (Å²) in [6.07, 6.45) is 7.20. The van der Waals surface area contributed by atoms with E-state index in [0.717, 1.165) is 38.5 Å². The van der Waals surface area contributed by atoms with E-state index in [1.54, 1.807) is 0 Å². The van der Waals surface area contributed by atoms with Crippen molar-refractivity contribution < 1.29 is 19.1 Å². The summed E-state index contributed by atoms with van der Waals surface area (Å²) in [6, 6.07) is 0. The van der Waals surface area contributed by atoms with Crippen molar-refractivity contribution in [1.29, 1.82) is 0 Å². The van der Waals surface area contributed by atoms with Gasteiger partial charge >= 0.3 is 5.97 Å². The van der Waals surface area contributed by atoms with Gasteiger partial charge in [-0.1, -0.05) is 13.8 Å². The van der Waals surface area contributed by atoms with E-state index in [4.69, 9.17) is 4.74 Å². The van der Waals surface area contributed by atoms with Gasteiger partial charge in [-0.2, -0.15) is 0 Å². The Morgan fingerprint density at radius 1 is 1.12 bits per heavy atom. The number of ether oxygens (including phenoxy) is 1. The van der Waals surface area contributed by atoms with Crippen molar-refractivity contribution in [2.45, 2.75) is 72.1 Å². The number of carbonyl (C=O) groups excluding carboxylic acids is 3.